The molecule has 0 aromatic heterocycles. The predicted molar refractivity (Wildman–Crippen MR) is 153 cm³/mol. The Balaban J connectivity index is 1.42. The number of ketones is 1. The fourth-order valence-corrected chi connectivity index (χ4v) is 11.1. The average molecular weight is 583 g/mol. The molecule has 0 bridgehead atoms. The van der Waals surface area contributed by atoms with Gasteiger partial charge in [-0.05, 0) is 60.3 Å². The summed E-state index contributed by atoms with van der Waals surface area (Å²) in [4.78, 5) is 51.0. The second kappa shape index (κ2) is 9.26. The molecule has 6 aliphatic rings. The van der Waals surface area contributed by atoms with Gasteiger partial charge in [-0.15, -0.1) is 0 Å². The summed E-state index contributed by atoms with van der Waals surface area (Å²) >= 11 is 0. The Morgan fingerprint density at radius 3 is 2.36 bits per heavy atom. The zero-order valence-electron chi connectivity index (χ0n) is 26.2. The first-order valence-electron chi connectivity index (χ1n) is 15.7. The van der Waals surface area contributed by atoms with Crippen LogP contribution >= 0.6 is 0 Å². The molecular formula is C34H46O8. The lowest BCUT2D eigenvalue weighted by Gasteiger charge is -2.59. The lowest BCUT2D eigenvalue weighted by Crippen LogP contribution is -2.58. The van der Waals surface area contributed by atoms with Gasteiger partial charge >= 0.3 is 17.9 Å². The zero-order chi connectivity index (χ0) is 30.7. The first-order valence-corrected chi connectivity index (χ1v) is 15.7. The highest BCUT2D eigenvalue weighted by Crippen LogP contribution is 2.89. The molecule has 5 fully saturated rings. The highest BCUT2D eigenvalue weighted by Gasteiger charge is 2.88. The number of epoxide rings is 1. The smallest absolute Gasteiger partial charge is 0.330 e. The Morgan fingerprint density at radius 1 is 1.05 bits per heavy atom. The lowest BCUT2D eigenvalue weighted by molar-refractivity contribution is -0.166. The van der Waals surface area contributed by atoms with Gasteiger partial charge in [0.2, 0.25) is 0 Å². The van der Waals surface area contributed by atoms with Crippen molar-refractivity contribution in [1.29, 1.82) is 0 Å². The SMILES string of the molecule is C=C(C(=O)[C@H](OC(C)=O)[C@@H](C)[C@H]1[C@@H](OC(C)=O)C[C@@]2(C)[C@@H]3[C@H]4O[C@H]4[C@H]4[C@H](C)OC(=O)C=C[C@@]45C[C@@]35CC[C@]12C)C(C)C. The van der Waals surface area contributed by atoms with Gasteiger partial charge in [-0.1, -0.05) is 47.3 Å². The maximum atomic E-state index is 13.7. The number of esters is 3. The monoisotopic (exact) mass is 582 g/mol. The molecule has 8 nitrogen and oxygen atoms in total. The summed E-state index contributed by atoms with van der Waals surface area (Å²) in [5, 5.41) is 0. The standard InChI is InChI=1S/C34H46O8/c1-16(2)17(3)26(38)27(41-21(7)36)18(4)24-22(40-20(6)35)14-32(9)30-29-28(42-29)25-19(5)39-23(37)10-11-33(25)15-34(30,33)13-12-31(24,32)8/h10-11,16,18-19,22,24-25,27-30H,3,12-15H2,1-2,4-9H3/t18-,19-,22-,24-,25+,27+,28-,29-,30-,31+,32-,33+,34-/m0/s1. The first kappa shape index (κ1) is 29.6. The van der Waals surface area contributed by atoms with E-state index in [4.69, 9.17) is 18.9 Å². The Kier molecular flexibility index (Phi) is 6.52. The molecule has 6 rings (SSSR count). The van der Waals surface area contributed by atoms with Crippen molar-refractivity contribution >= 4 is 23.7 Å². The van der Waals surface area contributed by atoms with Crippen LogP contribution < -0.4 is 0 Å². The lowest BCUT2D eigenvalue weighted by atomic mass is 9.44. The van der Waals surface area contributed by atoms with E-state index in [1.165, 1.54) is 13.8 Å². The van der Waals surface area contributed by atoms with Gasteiger partial charge in [0.05, 0.1) is 12.2 Å². The number of allylic oxidation sites excluding steroid dienone is 1. The summed E-state index contributed by atoms with van der Waals surface area (Å²) in [6.07, 6.45) is 5.57. The Labute approximate surface area is 248 Å². The van der Waals surface area contributed by atoms with E-state index in [2.05, 4.69) is 26.5 Å². The molecule has 2 aliphatic heterocycles. The van der Waals surface area contributed by atoms with Crippen LogP contribution in [0.3, 0.4) is 0 Å². The van der Waals surface area contributed by atoms with Crippen molar-refractivity contribution in [2.75, 3.05) is 0 Å². The Hall–Kier alpha value is -2.48. The van der Waals surface area contributed by atoms with Gasteiger partial charge in [0.15, 0.2) is 11.9 Å². The van der Waals surface area contributed by atoms with Gasteiger partial charge < -0.3 is 18.9 Å². The number of carbonyl (C=O) groups is 4. The highest BCUT2D eigenvalue weighted by atomic mass is 16.6. The molecule has 0 aromatic carbocycles. The molecule has 8 heteroatoms. The van der Waals surface area contributed by atoms with Gasteiger partial charge in [0, 0.05) is 49.0 Å². The first-order chi connectivity index (χ1) is 19.5. The molecular weight excluding hydrogens is 536 g/mol. The second-order valence-electron chi connectivity index (χ2n) is 15.1. The van der Waals surface area contributed by atoms with Crippen LogP contribution in [0.15, 0.2) is 24.3 Å². The molecule has 4 aliphatic carbocycles. The fraction of sp³-hybridized carbons (Fsp3) is 0.765. The van der Waals surface area contributed by atoms with Crippen molar-refractivity contribution in [2.45, 2.75) is 112 Å². The number of cyclic esters (lactones) is 1. The number of rotatable bonds is 7. The third-order valence-corrected chi connectivity index (χ3v) is 12.9. The topological polar surface area (TPSA) is 109 Å². The second-order valence-corrected chi connectivity index (χ2v) is 15.1. The maximum Gasteiger partial charge on any atom is 0.330 e. The van der Waals surface area contributed by atoms with Crippen molar-refractivity contribution in [3.63, 3.8) is 0 Å². The summed E-state index contributed by atoms with van der Waals surface area (Å²) in [5.41, 5.74) is -0.385. The van der Waals surface area contributed by atoms with E-state index in [0.29, 0.717) is 12.0 Å². The minimum atomic E-state index is -1.02. The molecule has 4 saturated carbocycles. The Morgan fingerprint density at radius 2 is 1.74 bits per heavy atom. The quantitative estimate of drug-likeness (QED) is 0.179. The third-order valence-electron chi connectivity index (χ3n) is 12.9. The van der Waals surface area contributed by atoms with Crippen molar-refractivity contribution in [3.8, 4) is 0 Å². The van der Waals surface area contributed by atoms with Crippen molar-refractivity contribution in [3.05, 3.63) is 24.3 Å². The maximum absolute atomic E-state index is 13.7. The molecule has 2 heterocycles. The van der Waals surface area contributed by atoms with Crippen LogP contribution in [-0.4, -0.2) is 54.2 Å². The van der Waals surface area contributed by atoms with E-state index >= 15 is 0 Å². The number of hydrogen-bond acceptors (Lipinski definition) is 8. The number of fused-ring (bicyclic) bond motifs is 5. The number of hydrogen-bond donors (Lipinski definition) is 0. The van der Waals surface area contributed by atoms with Gasteiger partial charge in [-0.2, -0.15) is 0 Å². The normalized spacial score (nSPS) is 47.3. The van der Waals surface area contributed by atoms with Crippen LogP contribution in [0.1, 0.15) is 81.1 Å². The number of ether oxygens (including phenoxy) is 4. The minimum absolute atomic E-state index is 0.0173. The third kappa shape index (κ3) is 3.75. The minimum Gasteiger partial charge on any atom is -0.462 e. The van der Waals surface area contributed by atoms with Gasteiger partial charge in [-0.25, -0.2) is 4.79 Å². The van der Waals surface area contributed by atoms with Gasteiger partial charge in [0.25, 0.3) is 0 Å². The van der Waals surface area contributed by atoms with E-state index in [-0.39, 0.29) is 81.4 Å². The highest BCUT2D eigenvalue weighted by molar-refractivity contribution is 5.99. The summed E-state index contributed by atoms with van der Waals surface area (Å²) in [5.74, 6) is -1.85. The summed E-state index contributed by atoms with van der Waals surface area (Å²) in [6.45, 7) is 19.2. The molecule has 0 radical (unpaired) electrons. The zero-order valence-corrected chi connectivity index (χ0v) is 26.2. The molecule has 230 valence electrons. The average Bonchev–Trinajstić information content (AvgIpc) is 3.77. The Bertz CT molecular complexity index is 1280. The van der Waals surface area contributed by atoms with E-state index in [1.807, 2.05) is 27.7 Å². The number of carbonyl (C=O) groups excluding carboxylic acids is 4. The summed E-state index contributed by atoms with van der Waals surface area (Å²) in [6, 6.07) is 0. The van der Waals surface area contributed by atoms with Crippen LogP contribution in [0, 0.1) is 51.2 Å². The molecule has 0 N–H and O–H groups in total. The molecule has 0 amide bonds. The molecule has 13 atom stereocenters. The number of Topliss-reactive ketones (excluding diaryl/α,β-unsaturated/α-hetero) is 1. The summed E-state index contributed by atoms with van der Waals surface area (Å²) in [7, 11) is 0. The molecule has 0 aromatic rings. The van der Waals surface area contributed by atoms with E-state index in [1.54, 1.807) is 6.08 Å². The summed E-state index contributed by atoms with van der Waals surface area (Å²) < 4.78 is 24.2. The molecule has 1 saturated heterocycles. The predicted octanol–water partition coefficient (Wildman–Crippen LogP) is 4.98. The van der Waals surface area contributed by atoms with Crippen molar-refractivity contribution in [2.24, 2.45) is 51.2 Å². The van der Waals surface area contributed by atoms with Gasteiger partial charge in [-0.3, -0.25) is 14.4 Å². The molecule has 42 heavy (non-hydrogen) atoms. The van der Waals surface area contributed by atoms with Crippen molar-refractivity contribution < 1.29 is 38.1 Å². The van der Waals surface area contributed by atoms with E-state index in [9.17, 15) is 19.2 Å². The molecule has 2 spiro atoms. The van der Waals surface area contributed by atoms with Crippen LogP contribution in [-0.2, 0) is 38.1 Å². The van der Waals surface area contributed by atoms with Gasteiger partial charge in [0.1, 0.15) is 12.2 Å². The van der Waals surface area contributed by atoms with Crippen LogP contribution in [0.5, 0.6) is 0 Å². The van der Waals surface area contributed by atoms with E-state index < -0.39 is 24.1 Å². The van der Waals surface area contributed by atoms with E-state index in [0.717, 1.165) is 19.3 Å². The molecule has 0 unspecified atom stereocenters. The largest absolute Gasteiger partial charge is 0.462 e. The van der Waals surface area contributed by atoms with Crippen molar-refractivity contribution in [1.82, 2.24) is 0 Å². The van der Waals surface area contributed by atoms with Crippen LogP contribution in [0.2, 0.25) is 0 Å². The van der Waals surface area contributed by atoms with Crippen LogP contribution in [0.4, 0.5) is 0 Å². The van der Waals surface area contributed by atoms with Crippen LogP contribution in [0.25, 0.3) is 0 Å². The fourth-order valence-electron chi connectivity index (χ4n) is 11.1.